The van der Waals surface area contributed by atoms with Crippen LogP contribution in [0.2, 0.25) is 0 Å². The summed E-state index contributed by atoms with van der Waals surface area (Å²) in [4.78, 5) is 12.6. The number of rotatable bonds is 9. The fourth-order valence-electron chi connectivity index (χ4n) is 3.06. The maximum absolute atomic E-state index is 12.5. The Morgan fingerprint density at radius 2 is 2.12 bits per heavy atom. The maximum atomic E-state index is 12.5. The number of benzene rings is 1. The summed E-state index contributed by atoms with van der Waals surface area (Å²) < 4.78 is 32.1. The van der Waals surface area contributed by atoms with Crippen molar-refractivity contribution >= 4 is 15.9 Å². The molecule has 2 rings (SSSR count). The number of carbonyl (C=O) groups excluding carboxylic acids is 1. The zero-order valence-electron chi connectivity index (χ0n) is 15.1. The zero-order chi connectivity index (χ0) is 19.0. The van der Waals surface area contributed by atoms with Crippen molar-refractivity contribution in [2.75, 3.05) is 39.9 Å². The van der Waals surface area contributed by atoms with Crippen molar-refractivity contribution in [1.82, 2.24) is 15.4 Å². The van der Waals surface area contributed by atoms with E-state index in [1.54, 1.807) is 19.2 Å². The van der Waals surface area contributed by atoms with Crippen molar-refractivity contribution in [2.24, 2.45) is 5.41 Å². The molecule has 1 aromatic rings. The standard InChI is InChI=1S/C18H27N3O4S/c1-3-9-21-26(23,24)16-6-4-5-15(12-16)17(22)20-13-18(14-25-2)7-10-19-11-8-18/h3-6,12,19,21H,1,7-11,13-14H2,2H3,(H,20,22). The summed E-state index contributed by atoms with van der Waals surface area (Å²) in [7, 11) is -2.00. The number of methoxy groups -OCH3 is 1. The smallest absolute Gasteiger partial charge is 0.251 e. The molecule has 0 aromatic heterocycles. The molecule has 0 bridgehead atoms. The van der Waals surface area contributed by atoms with E-state index < -0.39 is 10.0 Å². The van der Waals surface area contributed by atoms with Crippen molar-refractivity contribution in [3.63, 3.8) is 0 Å². The fourth-order valence-corrected chi connectivity index (χ4v) is 4.11. The van der Waals surface area contributed by atoms with Gasteiger partial charge < -0.3 is 15.4 Å². The molecule has 0 unspecified atom stereocenters. The predicted molar refractivity (Wildman–Crippen MR) is 101 cm³/mol. The van der Waals surface area contributed by atoms with Crippen LogP contribution in [0.3, 0.4) is 0 Å². The summed E-state index contributed by atoms with van der Waals surface area (Å²) in [5.41, 5.74) is 0.221. The highest BCUT2D eigenvalue weighted by Gasteiger charge is 2.32. The molecular formula is C18H27N3O4S. The van der Waals surface area contributed by atoms with Crippen LogP contribution in [0.4, 0.5) is 0 Å². The van der Waals surface area contributed by atoms with Gasteiger partial charge in [-0.3, -0.25) is 4.79 Å². The Kier molecular flexibility index (Phi) is 7.33. The Morgan fingerprint density at radius 3 is 2.77 bits per heavy atom. The van der Waals surface area contributed by atoms with E-state index in [1.807, 2.05) is 0 Å². The Hall–Kier alpha value is -1.74. The molecule has 0 radical (unpaired) electrons. The van der Waals surface area contributed by atoms with Crippen molar-refractivity contribution in [2.45, 2.75) is 17.7 Å². The summed E-state index contributed by atoms with van der Waals surface area (Å²) in [6, 6.07) is 6.01. The number of amides is 1. The van der Waals surface area contributed by atoms with Crippen LogP contribution in [0.15, 0.2) is 41.8 Å². The molecule has 0 saturated carbocycles. The van der Waals surface area contributed by atoms with Crippen LogP contribution in [0.1, 0.15) is 23.2 Å². The Balaban J connectivity index is 2.07. The lowest BCUT2D eigenvalue weighted by Gasteiger charge is -2.37. The Bertz CT molecular complexity index is 722. The average Bonchev–Trinajstić information content (AvgIpc) is 2.66. The molecule has 8 heteroatoms. The van der Waals surface area contributed by atoms with Gasteiger partial charge in [0.15, 0.2) is 0 Å². The Labute approximate surface area is 155 Å². The zero-order valence-corrected chi connectivity index (χ0v) is 15.9. The van der Waals surface area contributed by atoms with E-state index in [-0.39, 0.29) is 22.8 Å². The predicted octanol–water partition coefficient (Wildman–Crippen LogP) is 0.897. The highest BCUT2D eigenvalue weighted by atomic mass is 32.2. The third-order valence-electron chi connectivity index (χ3n) is 4.56. The molecule has 0 spiro atoms. The van der Waals surface area contributed by atoms with Crippen LogP contribution in [-0.2, 0) is 14.8 Å². The molecule has 0 aliphatic carbocycles. The number of nitrogens with one attached hydrogen (secondary N) is 3. The lowest BCUT2D eigenvalue weighted by atomic mass is 9.79. The largest absolute Gasteiger partial charge is 0.384 e. The molecule has 26 heavy (non-hydrogen) atoms. The first-order chi connectivity index (χ1) is 12.4. The lowest BCUT2D eigenvalue weighted by molar-refractivity contribution is 0.0511. The number of hydrogen-bond acceptors (Lipinski definition) is 5. The quantitative estimate of drug-likeness (QED) is 0.552. The number of sulfonamides is 1. The third kappa shape index (κ3) is 5.38. The second-order valence-electron chi connectivity index (χ2n) is 6.53. The van der Waals surface area contributed by atoms with Crippen molar-refractivity contribution < 1.29 is 17.9 Å². The second kappa shape index (κ2) is 9.27. The Morgan fingerprint density at radius 1 is 1.38 bits per heavy atom. The van der Waals surface area contributed by atoms with Crippen LogP contribution in [-0.4, -0.2) is 54.2 Å². The number of hydrogen-bond donors (Lipinski definition) is 3. The van der Waals surface area contributed by atoms with Crippen molar-refractivity contribution in [3.05, 3.63) is 42.5 Å². The molecule has 1 saturated heterocycles. The topological polar surface area (TPSA) is 96.5 Å². The van der Waals surface area contributed by atoms with Gasteiger partial charge in [-0.1, -0.05) is 12.1 Å². The van der Waals surface area contributed by atoms with Gasteiger partial charge in [0.1, 0.15) is 0 Å². The first-order valence-electron chi connectivity index (χ1n) is 8.61. The van der Waals surface area contributed by atoms with Gasteiger partial charge in [0.05, 0.1) is 11.5 Å². The molecule has 1 aliphatic heterocycles. The minimum Gasteiger partial charge on any atom is -0.384 e. The second-order valence-corrected chi connectivity index (χ2v) is 8.30. The van der Waals surface area contributed by atoms with Gasteiger partial charge in [0.25, 0.3) is 5.91 Å². The summed E-state index contributed by atoms with van der Waals surface area (Å²) in [6.45, 7) is 6.47. The average molecular weight is 381 g/mol. The van der Waals surface area contributed by atoms with Gasteiger partial charge in [-0.15, -0.1) is 6.58 Å². The van der Waals surface area contributed by atoms with E-state index >= 15 is 0 Å². The van der Waals surface area contributed by atoms with E-state index in [2.05, 4.69) is 21.9 Å². The summed E-state index contributed by atoms with van der Waals surface area (Å²) in [5, 5.41) is 6.25. The molecule has 1 heterocycles. The highest BCUT2D eigenvalue weighted by Crippen LogP contribution is 2.28. The summed E-state index contributed by atoms with van der Waals surface area (Å²) in [5.74, 6) is -0.292. The van der Waals surface area contributed by atoms with Crippen molar-refractivity contribution in [3.8, 4) is 0 Å². The summed E-state index contributed by atoms with van der Waals surface area (Å²) >= 11 is 0. The van der Waals surface area contributed by atoms with E-state index in [4.69, 9.17) is 4.74 Å². The van der Waals surface area contributed by atoms with E-state index in [1.165, 1.54) is 18.2 Å². The van der Waals surface area contributed by atoms with Crippen LogP contribution < -0.4 is 15.4 Å². The first kappa shape index (κ1) is 20.6. The number of carbonyl (C=O) groups is 1. The molecule has 0 atom stereocenters. The highest BCUT2D eigenvalue weighted by molar-refractivity contribution is 7.89. The molecule has 3 N–H and O–H groups in total. The van der Waals surface area contributed by atoms with Crippen LogP contribution in [0.5, 0.6) is 0 Å². The van der Waals surface area contributed by atoms with Gasteiger partial charge >= 0.3 is 0 Å². The minimum atomic E-state index is -3.66. The van der Waals surface area contributed by atoms with Gasteiger partial charge in [0.2, 0.25) is 10.0 Å². The summed E-state index contributed by atoms with van der Waals surface area (Å²) in [6.07, 6.45) is 3.30. The monoisotopic (exact) mass is 381 g/mol. The molecule has 7 nitrogen and oxygen atoms in total. The molecule has 1 amide bonds. The fraction of sp³-hybridized carbons (Fsp3) is 0.500. The van der Waals surface area contributed by atoms with E-state index in [0.29, 0.717) is 18.7 Å². The molecule has 1 aliphatic rings. The SMILES string of the molecule is C=CCNS(=O)(=O)c1cccc(C(=O)NCC2(COC)CCNCC2)c1. The lowest BCUT2D eigenvalue weighted by Crippen LogP contribution is -2.47. The molecular weight excluding hydrogens is 354 g/mol. The van der Waals surface area contributed by atoms with Crippen molar-refractivity contribution in [1.29, 1.82) is 0 Å². The van der Waals surface area contributed by atoms with E-state index in [0.717, 1.165) is 25.9 Å². The van der Waals surface area contributed by atoms with Crippen LogP contribution in [0.25, 0.3) is 0 Å². The van der Waals surface area contributed by atoms with Crippen LogP contribution >= 0.6 is 0 Å². The normalized spacial score (nSPS) is 16.8. The van der Waals surface area contributed by atoms with E-state index in [9.17, 15) is 13.2 Å². The molecule has 1 aromatic carbocycles. The molecule has 144 valence electrons. The third-order valence-corrected chi connectivity index (χ3v) is 5.98. The van der Waals surface area contributed by atoms with Gasteiger partial charge in [0, 0.05) is 31.2 Å². The number of ether oxygens (including phenoxy) is 1. The molecule has 1 fully saturated rings. The van der Waals surface area contributed by atoms with Gasteiger partial charge in [-0.05, 0) is 44.1 Å². The van der Waals surface area contributed by atoms with Gasteiger partial charge in [-0.25, -0.2) is 13.1 Å². The number of piperidine rings is 1. The first-order valence-corrected chi connectivity index (χ1v) is 10.1. The van der Waals surface area contributed by atoms with Gasteiger partial charge in [-0.2, -0.15) is 0 Å². The minimum absolute atomic E-state index is 0.0560. The maximum Gasteiger partial charge on any atom is 0.251 e. The van der Waals surface area contributed by atoms with Crippen LogP contribution in [0, 0.1) is 5.41 Å².